The molecule has 0 spiro atoms. The lowest BCUT2D eigenvalue weighted by Crippen LogP contribution is -2.45. The van der Waals surface area contributed by atoms with E-state index in [0.717, 1.165) is 38.3 Å². The van der Waals surface area contributed by atoms with Crippen molar-refractivity contribution in [2.24, 2.45) is 0 Å². The van der Waals surface area contributed by atoms with E-state index in [1.165, 1.54) is 12.7 Å². The summed E-state index contributed by atoms with van der Waals surface area (Å²) >= 11 is 0. The van der Waals surface area contributed by atoms with Crippen LogP contribution in [0.1, 0.15) is 11.1 Å². The number of nitrogens with zero attached hydrogens (tertiary/aromatic N) is 2. The van der Waals surface area contributed by atoms with Crippen LogP contribution in [0.5, 0.6) is 17.2 Å². The number of hydrogen-bond acceptors (Lipinski definition) is 4. The molecule has 2 aromatic carbocycles. The van der Waals surface area contributed by atoms with Gasteiger partial charge in [0.15, 0.2) is 5.75 Å². The molecule has 133 valence electrons. The van der Waals surface area contributed by atoms with Gasteiger partial charge in [0.1, 0.15) is 0 Å². The van der Waals surface area contributed by atoms with Crippen LogP contribution in [0.3, 0.4) is 0 Å². The summed E-state index contributed by atoms with van der Waals surface area (Å²) in [6, 6.07) is 14.2. The van der Waals surface area contributed by atoms with Crippen LogP contribution in [0.4, 0.5) is 0 Å². The van der Waals surface area contributed by atoms with Gasteiger partial charge in [-0.05, 0) is 17.7 Å². The number of hydrogen-bond donors (Lipinski definition) is 0. The summed E-state index contributed by atoms with van der Waals surface area (Å²) in [4.78, 5) is 4.78. The van der Waals surface area contributed by atoms with E-state index in [0.29, 0.717) is 18.0 Å². The second-order valence-corrected chi connectivity index (χ2v) is 6.33. The number of piperazine rings is 1. The minimum absolute atomic E-state index is 0.0754. The second-order valence-electron chi connectivity index (χ2n) is 6.33. The highest BCUT2D eigenvalue weighted by Crippen LogP contribution is 2.39. The third-order valence-electron chi connectivity index (χ3n) is 4.69. The highest BCUT2D eigenvalue weighted by atomic mass is 16.5. The largest absolute Gasteiger partial charge is 0.493 e. The van der Waals surface area contributed by atoms with Gasteiger partial charge in [0.2, 0.25) is 11.5 Å². The minimum Gasteiger partial charge on any atom is -0.493 e. The Morgan fingerprint density at radius 3 is 2.08 bits per heavy atom. The molecule has 1 fully saturated rings. The van der Waals surface area contributed by atoms with Crippen LogP contribution in [-0.4, -0.2) is 50.2 Å². The zero-order chi connectivity index (χ0) is 17.6. The SMILES string of the molecule is COc1ccc(CN2CCN(Cc3ccccc3)CC2)c([O])c1OC. The third kappa shape index (κ3) is 4.24. The Morgan fingerprint density at radius 2 is 1.48 bits per heavy atom. The summed E-state index contributed by atoms with van der Waals surface area (Å²) in [6.45, 7) is 5.57. The topological polar surface area (TPSA) is 44.8 Å². The Hall–Kier alpha value is -2.24. The summed E-state index contributed by atoms with van der Waals surface area (Å²) in [5, 5.41) is 12.5. The monoisotopic (exact) mass is 341 g/mol. The molecule has 0 amide bonds. The summed E-state index contributed by atoms with van der Waals surface area (Å²) in [5.74, 6) is 0.709. The lowest BCUT2D eigenvalue weighted by atomic mass is 10.1. The van der Waals surface area contributed by atoms with Gasteiger partial charge in [-0.3, -0.25) is 14.9 Å². The molecular formula is C20H25N2O3. The van der Waals surface area contributed by atoms with E-state index in [9.17, 15) is 5.11 Å². The predicted molar refractivity (Wildman–Crippen MR) is 96.7 cm³/mol. The molecule has 0 aliphatic carbocycles. The maximum absolute atomic E-state index is 12.5. The lowest BCUT2D eigenvalue weighted by molar-refractivity contribution is 0.120. The predicted octanol–water partition coefficient (Wildman–Crippen LogP) is 3.17. The van der Waals surface area contributed by atoms with Crippen molar-refractivity contribution in [2.75, 3.05) is 40.4 Å². The third-order valence-corrected chi connectivity index (χ3v) is 4.69. The maximum Gasteiger partial charge on any atom is 0.228 e. The van der Waals surface area contributed by atoms with Crippen LogP contribution in [0.25, 0.3) is 0 Å². The van der Waals surface area contributed by atoms with Crippen molar-refractivity contribution in [3.63, 3.8) is 0 Å². The molecule has 1 radical (unpaired) electrons. The van der Waals surface area contributed by atoms with Crippen LogP contribution in [0.2, 0.25) is 0 Å². The molecular weight excluding hydrogens is 316 g/mol. The molecule has 0 unspecified atom stereocenters. The summed E-state index contributed by atoms with van der Waals surface area (Å²) in [7, 11) is 3.05. The van der Waals surface area contributed by atoms with E-state index in [2.05, 4.69) is 34.1 Å². The van der Waals surface area contributed by atoms with Gasteiger partial charge in [-0.2, -0.15) is 0 Å². The molecule has 1 aliphatic heterocycles. The van der Waals surface area contributed by atoms with Crippen molar-refractivity contribution >= 4 is 0 Å². The molecule has 5 nitrogen and oxygen atoms in total. The van der Waals surface area contributed by atoms with E-state index < -0.39 is 0 Å². The van der Waals surface area contributed by atoms with Crippen molar-refractivity contribution in [2.45, 2.75) is 13.1 Å². The first kappa shape index (κ1) is 17.6. The average Bonchev–Trinajstić information content (AvgIpc) is 2.65. The number of rotatable bonds is 6. The summed E-state index contributed by atoms with van der Waals surface area (Å²) < 4.78 is 10.4. The molecule has 1 aliphatic rings. The Balaban J connectivity index is 1.57. The molecule has 1 heterocycles. The zero-order valence-electron chi connectivity index (χ0n) is 14.9. The van der Waals surface area contributed by atoms with Gasteiger partial charge in [0, 0.05) is 44.8 Å². The fourth-order valence-electron chi connectivity index (χ4n) is 3.25. The van der Waals surface area contributed by atoms with Gasteiger partial charge in [0.25, 0.3) is 0 Å². The van der Waals surface area contributed by atoms with Crippen LogP contribution < -0.4 is 9.47 Å². The van der Waals surface area contributed by atoms with Gasteiger partial charge in [-0.1, -0.05) is 30.3 Å². The Kier molecular flexibility index (Phi) is 5.79. The van der Waals surface area contributed by atoms with Crippen LogP contribution in [0.15, 0.2) is 42.5 Å². The van der Waals surface area contributed by atoms with E-state index >= 15 is 0 Å². The quantitative estimate of drug-likeness (QED) is 0.810. The van der Waals surface area contributed by atoms with Crippen molar-refractivity contribution in [1.29, 1.82) is 0 Å². The normalized spacial score (nSPS) is 15.9. The number of methoxy groups -OCH3 is 2. The fraction of sp³-hybridized carbons (Fsp3) is 0.400. The first-order valence-corrected chi connectivity index (χ1v) is 8.60. The number of ether oxygens (including phenoxy) is 2. The Bertz CT molecular complexity index is 683. The van der Waals surface area contributed by atoms with Gasteiger partial charge < -0.3 is 9.47 Å². The first-order chi connectivity index (χ1) is 12.2. The van der Waals surface area contributed by atoms with Crippen LogP contribution in [0, 0.1) is 0 Å². The van der Waals surface area contributed by atoms with Crippen molar-refractivity contribution in [3.8, 4) is 17.2 Å². The molecule has 0 aromatic heterocycles. The van der Waals surface area contributed by atoms with Gasteiger partial charge >= 0.3 is 0 Å². The first-order valence-electron chi connectivity index (χ1n) is 8.60. The van der Waals surface area contributed by atoms with Crippen molar-refractivity contribution in [1.82, 2.24) is 9.80 Å². The zero-order valence-corrected chi connectivity index (χ0v) is 14.9. The number of benzene rings is 2. The minimum atomic E-state index is -0.0754. The van der Waals surface area contributed by atoms with Crippen LogP contribution in [-0.2, 0) is 18.2 Å². The molecule has 0 atom stereocenters. The van der Waals surface area contributed by atoms with Crippen molar-refractivity contribution in [3.05, 3.63) is 53.6 Å². The molecule has 0 bridgehead atoms. The molecule has 2 aromatic rings. The molecule has 5 heteroatoms. The summed E-state index contributed by atoms with van der Waals surface area (Å²) in [6.07, 6.45) is 0. The second kappa shape index (κ2) is 8.23. The highest BCUT2D eigenvalue weighted by molar-refractivity contribution is 5.54. The smallest absolute Gasteiger partial charge is 0.228 e. The lowest BCUT2D eigenvalue weighted by Gasteiger charge is -2.34. The van der Waals surface area contributed by atoms with E-state index in [-0.39, 0.29) is 5.75 Å². The van der Waals surface area contributed by atoms with Gasteiger partial charge in [-0.15, -0.1) is 0 Å². The molecule has 25 heavy (non-hydrogen) atoms. The molecule has 3 rings (SSSR count). The van der Waals surface area contributed by atoms with E-state index in [1.54, 1.807) is 13.2 Å². The van der Waals surface area contributed by atoms with Crippen LogP contribution >= 0.6 is 0 Å². The van der Waals surface area contributed by atoms with Gasteiger partial charge in [-0.25, -0.2) is 0 Å². The summed E-state index contributed by atoms with van der Waals surface area (Å²) in [5.41, 5.74) is 2.10. The Labute approximate surface area is 149 Å². The fourth-order valence-corrected chi connectivity index (χ4v) is 3.25. The van der Waals surface area contributed by atoms with E-state index in [1.807, 2.05) is 12.1 Å². The highest BCUT2D eigenvalue weighted by Gasteiger charge is 2.21. The van der Waals surface area contributed by atoms with E-state index in [4.69, 9.17) is 9.47 Å². The van der Waals surface area contributed by atoms with Crippen molar-refractivity contribution < 1.29 is 14.6 Å². The van der Waals surface area contributed by atoms with Gasteiger partial charge in [0.05, 0.1) is 14.2 Å². The standard InChI is InChI=1S/C20H25N2O3/c1-24-18-9-8-17(19(23)20(18)25-2)15-22-12-10-21(11-13-22)14-16-6-4-3-5-7-16/h3-9H,10-15H2,1-2H3. The Morgan fingerprint density at radius 1 is 0.840 bits per heavy atom. The molecule has 0 N–H and O–H groups in total. The molecule has 0 saturated carbocycles. The average molecular weight is 341 g/mol. The molecule has 1 saturated heterocycles. The maximum atomic E-state index is 12.5.